The Hall–Kier alpha value is -1.81. The third-order valence-electron chi connectivity index (χ3n) is 6.34. The lowest BCUT2D eigenvalue weighted by atomic mass is 9.70. The second kappa shape index (κ2) is 8.47. The van der Waals surface area contributed by atoms with E-state index in [-0.39, 0.29) is 0 Å². The molecule has 1 saturated carbocycles. The predicted octanol–water partition coefficient (Wildman–Crippen LogP) is 4.52. The molecule has 1 heterocycles. The van der Waals surface area contributed by atoms with Gasteiger partial charge in [0, 0.05) is 50.4 Å². The molecule has 2 N–H and O–H groups in total. The quantitative estimate of drug-likeness (QED) is 0.523. The highest BCUT2D eigenvalue weighted by atomic mass is 16.5. The summed E-state index contributed by atoms with van der Waals surface area (Å²) in [6.07, 6.45) is 6.13. The van der Waals surface area contributed by atoms with Gasteiger partial charge in [-0.3, -0.25) is 0 Å². The summed E-state index contributed by atoms with van der Waals surface area (Å²) in [7, 11) is 3.97. The van der Waals surface area contributed by atoms with Crippen LogP contribution in [0.3, 0.4) is 0 Å². The smallest absolute Gasteiger partial charge is 0.0635 e. The maximum absolute atomic E-state index is 7.85. The topological polar surface area (TPSA) is 48.4 Å². The summed E-state index contributed by atoms with van der Waals surface area (Å²) in [6.45, 7) is 8.56. The molecule has 4 nitrogen and oxygen atoms in total. The molecular weight excluding hydrogens is 334 g/mol. The summed E-state index contributed by atoms with van der Waals surface area (Å²) in [5.74, 6) is 2.69. The molecule has 148 valence electrons. The molecule has 1 aliphatic heterocycles. The highest BCUT2D eigenvalue weighted by Gasteiger charge is 2.45. The van der Waals surface area contributed by atoms with E-state index in [0.717, 1.165) is 23.6 Å². The first-order chi connectivity index (χ1) is 13.0. The van der Waals surface area contributed by atoms with Gasteiger partial charge in [0.25, 0.3) is 0 Å². The third-order valence-corrected chi connectivity index (χ3v) is 6.34. The summed E-state index contributed by atoms with van der Waals surface area (Å²) in [5, 5.41) is 11.1. The van der Waals surface area contributed by atoms with Crippen molar-refractivity contribution in [2.75, 3.05) is 32.2 Å². The van der Waals surface area contributed by atoms with E-state index < -0.39 is 0 Å². The molecule has 3 rings (SSSR count). The van der Waals surface area contributed by atoms with Gasteiger partial charge in [0.15, 0.2) is 0 Å². The molecule has 1 aromatic rings. The van der Waals surface area contributed by atoms with Crippen molar-refractivity contribution in [2.45, 2.75) is 45.6 Å². The predicted molar refractivity (Wildman–Crippen MR) is 115 cm³/mol. The normalized spacial score (nSPS) is 25.5. The number of benzene rings is 1. The second-order valence-electron chi connectivity index (χ2n) is 8.53. The van der Waals surface area contributed by atoms with Crippen LogP contribution in [-0.4, -0.2) is 39.6 Å². The van der Waals surface area contributed by atoms with Crippen molar-refractivity contribution in [3.63, 3.8) is 0 Å². The van der Waals surface area contributed by atoms with Gasteiger partial charge in [0.05, 0.1) is 6.61 Å². The van der Waals surface area contributed by atoms with Gasteiger partial charge in [0.2, 0.25) is 0 Å². The van der Waals surface area contributed by atoms with Gasteiger partial charge in [-0.2, -0.15) is 0 Å². The Morgan fingerprint density at radius 2 is 2.11 bits per heavy atom. The van der Waals surface area contributed by atoms with Crippen LogP contribution in [0.4, 0.5) is 5.69 Å². The molecule has 4 heteroatoms. The van der Waals surface area contributed by atoms with Crippen LogP contribution in [0, 0.1) is 23.2 Å². The van der Waals surface area contributed by atoms with Crippen molar-refractivity contribution in [2.24, 2.45) is 17.8 Å². The van der Waals surface area contributed by atoms with E-state index in [2.05, 4.69) is 56.2 Å². The average molecular weight is 370 g/mol. The molecule has 3 atom stereocenters. The second-order valence-corrected chi connectivity index (χ2v) is 8.53. The molecular formula is C23H35N3O. The monoisotopic (exact) mass is 369 g/mol. The minimum absolute atomic E-state index is 0.565. The largest absolute Gasteiger partial charge is 0.388 e. The number of nitrogens with zero attached hydrogens (tertiary/aromatic N) is 1. The minimum Gasteiger partial charge on any atom is -0.388 e. The summed E-state index contributed by atoms with van der Waals surface area (Å²) >= 11 is 0. The van der Waals surface area contributed by atoms with Crippen molar-refractivity contribution < 1.29 is 4.74 Å². The fourth-order valence-electron chi connectivity index (χ4n) is 5.03. The van der Waals surface area contributed by atoms with Crippen molar-refractivity contribution in [3.05, 3.63) is 35.5 Å². The molecule has 0 spiro atoms. The van der Waals surface area contributed by atoms with Crippen molar-refractivity contribution in [3.8, 4) is 0 Å². The van der Waals surface area contributed by atoms with Crippen molar-refractivity contribution >= 4 is 17.5 Å². The van der Waals surface area contributed by atoms with E-state index >= 15 is 0 Å². The van der Waals surface area contributed by atoms with Crippen LogP contribution in [0.2, 0.25) is 0 Å². The van der Waals surface area contributed by atoms with E-state index in [1.165, 1.54) is 30.3 Å². The molecule has 0 bridgehead atoms. The number of hydrogen-bond acceptors (Lipinski definition) is 4. The minimum atomic E-state index is 0.565. The third kappa shape index (κ3) is 4.06. The van der Waals surface area contributed by atoms with Gasteiger partial charge in [-0.05, 0) is 59.8 Å². The van der Waals surface area contributed by atoms with Crippen LogP contribution < -0.4 is 10.2 Å². The van der Waals surface area contributed by atoms with Crippen LogP contribution in [0.25, 0.3) is 5.57 Å². The summed E-state index contributed by atoms with van der Waals surface area (Å²) in [4.78, 5) is 2.53. The van der Waals surface area contributed by atoms with Gasteiger partial charge < -0.3 is 20.4 Å². The standard InChI is InChI=1S/C23H35N3O/c1-15(2)22-16(3)23(17-6-7-17)26(4)21-9-8-18(12-20(21)22)19(13-24)14-25-10-11-27-5/h8-9,12-17,22-25H,6-7,10-11H2,1-5H3/b19-14+,24-13?/t16-,22?,23?/m0/s1. The number of fused-ring (bicyclic) bond motifs is 1. The van der Waals surface area contributed by atoms with Gasteiger partial charge >= 0.3 is 0 Å². The Morgan fingerprint density at radius 1 is 1.37 bits per heavy atom. The zero-order valence-electron chi connectivity index (χ0n) is 17.5. The molecule has 2 unspecified atom stereocenters. The lowest BCUT2D eigenvalue weighted by molar-refractivity contribution is 0.203. The molecule has 1 fully saturated rings. The summed E-state index contributed by atoms with van der Waals surface area (Å²) in [5.41, 5.74) is 4.85. The molecule has 1 aliphatic carbocycles. The first kappa shape index (κ1) is 19.9. The lowest BCUT2D eigenvalue weighted by Gasteiger charge is -2.47. The maximum Gasteiger partial charge on any atom is 0.0635 e. The first-order valence-electron chi connectivity index (χ1n) is 10.3. The van der Waals surface area contributed by atoms with Crippen molar-refractivity contribution in [1.29, 1.82) is 5.41 Å². The average Bonchev–Trinajstić information content (AvgIpc) is 3.46. The van der Waals surface area contributed by atoms with E-state index in [4.69, 9.17) is 10.1 Å². The number of allylic oxidation sites excluding steroid dienone is 1. The molecule has 0 radical (unpaired) electrons. The Labute approximate surface area is 164 Å². The number of ether oxygens (including phenoxy) is 1. The van der Waals surface area contributed by atoms with Crippen LogP contribution >= 0.6 is 0 Å². The Balaban J connectivity index is 1.95. The highest BCUT2D eigenvalue weighted by molar-refractivity contribution is 6.08. The Morgan fingerprint density at radius 3 is 2.70 bits per heavy atom. The zero-order valence-corrected chi connectivity index (χ0v) is 17.5. The van der Waals surface area contributed by atoms with Crippen LogP contribution in [0.15, 0.2) is 24.4 Å². The van der Waals surface area contributed by atoms with Gasteiger partial charge in [-0.1, -0.05) is 26.8 Å². The molecule has 0 saturated heterocycles. The van der Waals surface area contributed by atoms with E-state index in [0.29, 0.717) is 30.4 Å². The zero-order chi connectivity index (χ0) is 19.6. The molecule has 1 aromatic carbocycles. The Kier molecular flexibility index (Phi) is 6.25. The number of rotatable bonds is 8. The first-order valence-corrected chi connectivity index (χ1v) is 10.3. The molecule has 0 aromatic heterocycles. The van der Waals surface area contributed by atoms with Crippen molar-refractivity contribution in [1.82, 2.24) is 5.32 Å². The van der Waals surface area contributed by atoms with E-state index in [1.807, 2.05) is 6.20 Å². The maximum atomic E-state index is 7.85. The van der Waals surface area contributed by atoms with Crippen LogP contribution in [0.5, 0.6) is 0 Å². The molecule has 0 amide bonds. The lowest BCUT2D eigenvalue weighted by Crippen LogP contribution is -2.46. The van der Waals surface area contributed by atoms with E-state index in [9.17, 15) is 0 Å². The van der Waals surface area contributed by atoms with Crippen LogP contribution in [-0.2, 0) is 4.74 Å². The Bertz CT molecular complexity index is 693. The fourth-order valence-corrected chi connectivity index (χ4v) is 5.03. The molecule has 2 aliphatic rings. The number of methoxy groups -OCH3 is 1. The van der Waals surface area contributed by atoms with Gasteiger partial charge in [-0.25, -0.2) is 0 Å². The summed E-state index contributed by atoms with van der Waals surface area (Å²) in [6, 6.07) is 7.42. The SMILES string of the molecule is COCCN/C=C(\C=N)c1ccc2c(c1)C(C(C)C)[C@H](C)C(C1CC1)N2C. The van der Waals surface area contributed by atoms with E-state index in [1.54, 1.807) is 7.11 Å². The number of hydrogen-bond donors (Lipinski definition) is 2. The summed E-state index contributed by atoms with van der Waals surface area (Å²) < 4.78 is 5.08. The molecule has 27 heavy (non-hydrogen) atoms. The fraction of sp³-hybridized carbons (Fsp3) is 0.609. The van der Waals surface area contributed by atoms with Crippen LogP contribution in [0.1, 0.15) is 50.7 Å². The number of anilines is 1. The number of nitrogens with one attached hydrogen (secondary N) is 2. The van der Waals surface area contributed by atoms with Gasteiger partial charge in [0.1, 0.15) is 0 Å². The highest BCUT2D eigenvalue weighted by Crippen LogP contribution is 2.51. The van der Waals surface area contributed by atoms with Gasteiger partial charge in [-0.15, -0.1) is 0 Å².